The van der Waals surface area contributed by atoms with Gasteiger partial charge in [-0.25, -0.2) is 4.79 Å². The molecule has 3 aromatic heterocycles. The minimum Gasteiger partial charge on any atom is -0.397 e. The Labute approximate surface area is 160 Å². The summed E-state index contributed by atoms with van der Waals surface area (Å²) in [6.07, 6.45) is 0. The first-order chi connectivity index (χ1) is 13.2. The molecule has 0 bridgehead atoms. The van der Waals surface area contributed by atoms with E-state index in [2.05, 4.69) is 11.6 Å². The lowest BCUT2D eigenvalue weighted by Gasteiger charge is -2.09. The topological polar surface area (TPSA) is 92.2 Å². The van der Waals surface area contributed by atoms with Crippen molar-refractivity contribution in [1.82, 2.24) is 23.1 Å². The molecule has 0 aliphatic heterocycles. The second-order valence-electron chi connectivity index (χ2n) is 7.17. The number of allylic oxidation sites excluding steroid dienone is 1. The van der Waals surface area contributed by atoms with E-state index in [0.717, 1.165) is 22.6 Å². The first kappa shape index (κ1) is 17.8. The van der Waals surface area contributed by atoms with Gasteiger partial charge >= 0.3 is 5.69 Å². The molecule has 0 amide bonds. The van der Waals surface area contributed by atoms with E-state index in [1.807, 2.05) is 42.7 Å². The lowest BCUT2D eigenvalue weighted by Crippen LogP contribution is -2.39. The van der Waals surface area contributed by atoms with E-state index >= 15 is 0 Å². The predicted octanol–water partition coefficient (Wildman–Crippen LogP) is 1.91. The highest BCUT2D eigenvalue weighted by Crippen LogP contribution is 2.27. The average molecular weight is 378 g/mol. The number of fused-ring (bicyclic) bond motifs is 3. The third kappa shape index (κ3) is 2.27. The lowest BCUT2D eigenvalue weighted by atomic mass is 10.2. The summed E-state index contributed by atoms with van der Waals surface area (Å²) in [5, 5.41) is 0. The van der Waals surface area contributed by atoms with Crippen LogP contribution in [0.15, 0.2) is 46.0 Å². The number of aryl methyl sites for hydroxylation is 2. The number of nitrogens with zero attached hydrogens (tertiary/aromatic N) is 5. The van der Waals surface area contributed by atoms with Gasteiger partial charge in [-0.3, -0.25) is 22.9 Å². The van der Waals surface area contributed by atoms with Crippen LogP contribution in [0.3, 0.4) is 0 Å². The molecule has 0 atom stereocenters. The van der Waals surface area contributed by atoms with Gasteiger partial charge in [-0.2, -0.15) is 4.98 Å². The smallest absolute Gasteiger partial charge is 0.332 e. The number of aromatic nitrogens is 5. The highest BCUT2D eigenvalue weighted by Gasteiger charge is 2.23. The van der Waals surface area contributed by atoms with Crippen molar-refractivity contribution in [2.75, 3.05) is 5.73 Å². The number of anilines is 1. The monoisotopic (exact) mass is 378 g/mol. The molecule has 1 aromatic carbocycles. The van der Waals surface area contributed by atoms with E-state index in [-0.39, 0.29) is 12.1 Å². The minimum absolute atomic E-state index is 0.166. The predicted molar refractivity (Wildman–Crippen MR) is 110 cm³/mol. The van der Waals surface area contributed by atoms with Gasteiger partial charge in [0.2, 0.25) is 5.78 Å². The molecule has 0 saturated heterocycles. The van der Waals surface area contributed by atoms with E-state index in [0.29, 0.717) is 22.6 Å². The van der Waals surface area contributed by atoms with Gasteiger partial charge in [0.05, 0.1) is 17.9 Å². The molecule has 144 valence electrons. The summed E-state index contributed by atoms with van der Waals surface area (Å²) in [5.74, 6) is 0.545. The Kier molecular flexibility index (Phi) is 3.81. The number of imidazole rings is 2. The van der Waals surface area contributed by atoms with E-state index in [4.69, 9.17) is 5.73 Å². The standard InChI is InChI=1S/C20H22N6O2/c1-11(2)10-24-18(27)16-17(23(5)20(24)28)22-19-25(12(3)13(4)26(16)19)15-9-7-6-8-14(15)21/h6-9H,1,10,21H2,2-5H3. The highest BCUT2D eigenvalue weighted by molar-refractivity contribution is 5.78. The van der Waals surface area contributed by atoms with Crippen LogP contribution < -0.4 is 17.0 Å². The first-order valence-corrected chi connectivity index (χ1v) is 8.93. The van der Waals surface area contributed by atoms with Gasteiger partial charge < -0.3 is 5.73 Å². The van der Waals surface area contributed by atoms with Gasteiger partial charge in [-0.15, -0.1) is 0 Å². The summed E-state index contributed by atoms with van der Waals surface area (Å²) in [7, 11) is 1.62. The molecule has 4 rings (SSSR count). The quantitative estimate of drug-likeness (QED) is 0.435. The Morgan fingerprint density at radius 2 is 1.86 bits per heavy atom. The summed E-state index contributed by atoms with van der Waals surface area (Å²) >= 11 is 0. The summed E-state index contributed by atoms with van der Waals surface area (Å²) < 4.78 is 6.31. The van der Waals surface area contributed by atoms with Gasteiger partial charge in [-0.05, 0) is 32.9 Å². The maximum Gasteiger partial charge on any atom is 0.332 e. The molecule has 0 aliphatic carbocycles. The molecule has 3 heterocycles. The molecule has 0 fully saturated rings. The summed E-state index contributed by atoms with van der Waals surface area (Å²) in [6.45, 7) is 9.66. The van der Waals surface area contributed by atoms with Crippen molar-refractivity contribution in [3.63, 3.8) is 0 Å². The summed E-state index contributed by atoms with van der Waals surface area (Å²) in [6, 6.07) is 7.48. The van der Waals surface area contributed by atoms with Crippen LogP contribution in [0.5, 0.6) is 0 Å². The van der Waals surface area contributed by atoms with E-state index < -0.39 is 5.69 Å². The number of rotatable bonds is 3. The highest BCUT2D eigenvalue weighted by atomic mass is 16.2. The minimum atomic E-state index is -0.415. The van der Waals surface area contributed by atoms with Crippen LogP contribution in [0, 0.1) is 13.8 Å². The fraction of sp³-hybridized carbons (Fsp3) is 0.250. The van der Waals surface area contributed by atoms with Gasteiger partial charge in [0, 0.05) is 18.4 Å². The van der Waals surface area contributed by atoms with Crippen LogP contribution in [0.1, 0.15) is 18.3 Å². The van der Waals surface area contributed by atoms with Gasteiger partial charge in [0.15, 0.2) is 11.2 Å². The van der Waals surface area contributed by atoms with Crippen LogP contribution in [0.4, 0.5) is 5.69 Å². The third-order valence-electron chi connectivity index (χ3n) is 5.12. The summed E-state index contributed by atoms with van der Waals surface area (Å²) in [4.78, 5) is 30.6. The van der Waals surface area contributed by atoms with Crippen LogP contribution in [-0.2, 0) is 13.6 Å². The molecule has 0 saturated carbocycles. The van der Waals surface area contributed by atoms with Crippen LogP contribution >= 0.6 is 0 Å². The first-order valence-electron chi connectivity index (χ1n) is 8.93. The number of para-hydroxylation sites is 2. The SMILES string of the molecule is C=C(C)Cn1c(=O)c2c(nc3n(-c4ccccc4N)c(C)c(C)n23)n(C)c1=O. The molecule has 4 aromatic rings. The zero-order chi connectivity index (χ0) is 20.3. The van der Waals surface area contributed by atoms with E-state index in [1.165, 1.54) is 9.13 Å². The maximum absolute atomic E-state index is 13.2. The fourth-order valence-corrected chi connectivity index (χ4v) is 3.64. The molecule has 0 spiro atoms. The molecular weight excluding hydrogens is 356 g/mol. The van der Waals surface area contributed by atoms with Crippen molar-refractivity contribution in [3.8, 4) is 5.69 Å². The molecule has 0 aliphatic rings. The Morgan fingerprint density at radius 1 is 1.18 bits per heavy atom. The maximum atomic E-state index is 13.2. The molecular formula is C20H22N6O2. The van der Waals surface area contributed by atoms with Crippen molar-refractivity contribution < 1.29 is 0 Å². The largest absolute Gasteiger partial charge is 0.397 e. The number of nitrogen functional groups attached to an aromatic ring is 1. The van der Waals surface area contributed by atoms with E-state index in [9.17, 15) is 9.59 Å². The number of nitrogens with two attached hydrogens (primary N) is 1. The van der Waals surface area contributed by atoms with Crippen molar-refractivity contribution in [2.24, 2.45) is 7.05 Å². The van der Waals surface area contributed by atoms with Crippen molar-refractivity contribution in [1.29, 1.82) is 0 Å². The number of hydrogen-bond donors (Lipinski definition) is 1. The Hall–Kier alpha value is -3.55. The molecule has 28 heavy (non-hydrogen) atoms. The lowest BCUT2D eigenvalue weighted by molar-refractivity contribution is 0.651. The molecule has 0 radical (unpaired) electrons. The third-order valence-corrected chi connectivity index (χ3v) is 5.12. The molecule has 8 nitrogen and oxygen atoms in total. The molecule has 8 heteroatoms. The fourth-order valence-electron chi connectivity index (χ4n) is 3.64. The Balaban J connectivity index is 2.22. The second-order valence-corrected chi connectivity index (χ2v) is 7.17. The average Bonchev–Trinajstić information content (AvgIpc) is 3.14. The normalized spacial score (nSPS) is 11.6. The van der Waals surface area contributed by atoms with Crippen LogP contribution in [-0.4, -0.2) is 23.1 Å². The van der Waals surface area contributed by atoms with Crippen molar-refractivity contribution in [3.05, 3.63) is 68.6 Å². The zero-order valence-electron chi connectivity index (χ0n) is 16.4. The molecule has 0 unspecified atom stereocenters. The molecule has 2 N–H and O–H groups in total. The van der Waals surface area contributed by atoms with E-state index in [1.54, 1.807) is 18.4 Å². The van der Waals surface area contributed by atoms with Gasteiger partial charge in [0.1, 0.15) is 0 Å². The summed E-state index contributed by atoms with van der Waals surface area (Å²) in [5.41, 5.74) is 9.99. The van der Waals surface area contributed by atoms with Crippen LogP contribution in [0.25, 0.3) is 22.6 Å². The Morgan fingerprint density at radius 3 is 2.50 bits per heavy atom. The number of benzene rings is 1. The van der Waals surface area contributed by atoms with Crippen molar-refractivity contribution in [2.45, 2.75) is 27.3 Å². The second kappa shape index (κ2) is 5.98. The Bertz CT molecular complexity index is 1400. The van der Waals surface area contributed by atoms with Gasteiger partial charge in [0.25, 0.3) is 5.56 Å². The van der Waals surface area contributed by atoms with Gasteiger partial charge in [-0.1, -0.05) is 24.3 Å². The zero-order valence-corrected chi connectivity index (χ0v) is 16.4. The van der Waals surface area contributed by atoms with Crippen LogP contribution in [0.2, 0.25) is 0 Å². The number of hydrogen-bond acceptors (Lipinski definition) is 4. The van der Waals surface area contributed by atoms with Crippen molar-refractivity contribution >= 4 is 22.6 Å².